The van der Waals surface area contributed by atoms with Crippen molar-refractivity contribution in [3.05, 3.63) is 83.4 Å². The van der Waals surface area contributed by atoms with Crippen LogP contribution in [0.4, 0.5) is 0 Å². The fourth-order valence-corrected chi connectivity index (χ4v) is 4.03. The topological polar surface area (TPSA) is 0 Å². The van der Waals surface area contributed by atoms with E-state index < -0.39 is 0 Å². The summed E-state index contributed by atoms with van der Waals surface area (Å²) in [5.74, 6) is 0. The fraction of sp³-hybridized carbons (Fsp3) is 0.200. The highest BCUT2D eigenvalue weighted by atomic mass is 14.2. The van der Waals surface area contributed by atoms with Gasteiger partial charge in [-0.05, 0) is 81.8 Å². The molecule has 4 aromatic rings. The maximum Gasteiger partial charge on any atom is -0.0140 e. The van der Waals surface area contributed by atoms with Gasteiger partial charge in [-0.25, -0.2) is 0 Å². The van der Waals surface area contributed by atoms with Crippen LogP contribution in [0.15, 0.2) is 66.7 Å². The Morgan fingerprint density at radius 3 is 2.00 bits per heavy atom. The van der Waals surface area contributed by atoms with Crippen molar-refractivity contribution in [1.29, 1.82) is 0 Å². The van der Waals surface area contributed by atoms with Crippen molar-refractivity contribution in [3.63, 3.8) is 0 Å². The van der Waals surface area contributed by atoms with Gasteiger partial charge in [-0.15, -0.1) is 0 Å². The van der Waals surface area contributed by atoms with Crippen LogP contribution in [0.5, 0.6) is 0 Å². The van der Waals surface area contributed by atoms with E-state index in [2.05, 4.69) is 87.5 Å². The second-order valence-electron chi connectivity index (χ2n) is 7.01. The highest BCUT2D eigenvalue weighted by Crippen LogP contribution is 2.36. The lowest BCUT2D eigenvalue weighted by Gasteiger charge is -2.18. The fourth-order valence-electron chi connectivity index (χ4n) is 4.03. The van der Waals surface area contributed by atoms with Crippen molar-refractivity contribution in [3.8, 4) is 11.1 Å². The van der Waals surface area contributed by atoms with Crippen LogP contribution >= 0.6 is 0 Å². The summed E-state index contributed by atoms with van der Waals surface area (Å²) in [6.45, 7) is 6.79. The zero-order valence-electron chi connectivity index (χ0n) is 15.3. The molecule has 0 saturated carbocycles. The Morgan fingerprint density at radius 1 is 0.680 bits per heavy atom. The zero-order valence-corrected chi connectivity index (χ0v) is 15.3. The van der Waals surface area contributed by atoms with E-state index in [1.807, 2.05) is 0 Å². The molecule has 0 aliphatic carbocycles. The first-order valence-electron chi connectivity index (χ1n) is 9.20. The number of fused-ring (bicyclic) bond motifs is 2. The maximum atomic E-state index is 2.39. The molecule has 0 heteroatoms. The van der Waals surface area contributed by atoms with Crippen LogP contribution in [0.1, 0.15) is 30.0 Å². The first-order valence-corrected chi connectivity index (χ1v) is 9.20. The molecular weight excluding hydrogens is 300 g/mol. The molecule has 0 radical (unpaired) electrons. The smallest absolute Gasteiger partial charge is 0.0140 e. The monoisotopic (exact) mass is 324 g/mol. The summed E-state index contributed by atoms with van der Waals surface area (Å²) in [4.78, 5) is 0. The lowest BCUT2D eigenvalue weighted by molar-refractivity contribution is 0.917. The molecule has 0 atom stereocenters. The molecule has 0 amide bonds. The molecule has 0 heterocycles. The van der Waals surface area contributed by atoms with E-state index in [1.54, 1.807) is 0 Å². The van der Waals surface area contributed by atoms with Gasteiger partial charge >= 0.3 is 0 Å². The minimum atomic E-state index is 1.12. The molecular formula is C25H24. The highest BCUT2D eigenvalue weighted by molar-refractivity contribution is 5.95. The van der Waals surface area contributed by atoms with Gasteiger partial charge in [-0.1, -0.05) is 67.9 Å². The molecule has 0 aromatic heterocycles. The van der Waals surface area contributed by atoms with Gasteiger partial charge in [0, 0.05) is 0 Å². The average molecular weight is 324 g/mol. The normalized spacial score (nSPS) is 11.3. The Kier molecular flexibility index (Phi) is 4.05. The van der Waals surface area contributed by atoms with Gasteiger partial charge in [0.25, 0.3) is 0 Å². The van der Waals surface area contributed by atoms with Gasteiger partial charge in [-0.3, -0.25) is 0 Å². The highest BCUT2D eigenvalue weighted by Gasteiger charge is 2.13. The van der Waals surface area contributed by atoms with E-state index in [4.69, 9.17) is 0 Å². The first kappa shape index (κ1) is 15.9. The minimum absolute atomic E-state index is 1.12. The number of aryl methyl sites for hydroxylation is 2. The number of hydrogen-bond donors (Lipinski definition) is 0. The van der Waals surface area contributed by atoms with Crippen molar-refractivity contribution in [2.45, 2.75) is 33.6 Å². The molecule has 0 spiro atoms. The Labute approximate surface area is 150 Å². The van der Waals surface area contributed by atoms with Crippen LogP contribution in [-0.2, 0) is 6.42 Å². The molecule has 4 aromatic carbocycles. The van der Waals surface area contributed by atoms with Gasteiger partial charge in [0.05, 0.1) is 0 Å². The van der Waals surface area contributed by atoms with Gasteiger partial charge in [-0.2, -0.15) is 0 Å². The van der Waals surface area contributed by atoms with Crippen molar-refractivity contribution < 1.29 is 0 Å². The van der Waals surface area contributed by atoms with E-state index in [0.717, 1.165) is 6.42 Å². The standard InChI is InChI=1S/C25H24/c1-4-9-23-18(3)22-13-8-7-12-21(22)16-25(23)24-15-20-11-6-5-10-19(20)14-17(24)2/h5-8,10-16H,4,9H2,1-3H3. The maximum absolute atomic E-state index is 2.39. The molecule has 0 saturated heterocycles. The van der Waals surface area contributed by atoms with Crippen LogP contribution in [-0.4, -0.2) is 0 Å². The largest absolute Gasteiger partial charge is 0.0651 e. The summed E-state index contributed by atoms with van der Waals surface area (Å²) < 4.78 is 0. The Hall–Kier alpha value is -2.60. The molecule has 25 heavy (non-hydrogen) atoms. The lowest BCUT2D eigenvalue weighted by atomic mass is 9.86. The number of hydrogen-bond acceptors (Lipinski definition) is 0. The third kappa shape index (κ3) is 2.72. The van der Waals surface area contributed by atoms with E-state index >= 15 is 0 Å². The predicted molar refractivity (Wildman–Crippen MR) is 110 cm³/mol. The Bertz CT molecular complexity index is 1070. The van der Waals surface area contributed by atoms with Crippen molar-refractivity contribution in [2.24, 2.45) is 0 Å². The Morgan fingerprint density at radius 2 is 1.28 bits per heavy atom. The molecule has 0 fully saturated rings. The summed E-state index contributed by atoms with van der Waals surface area (Å²) in [6.07, 6.45) is 2.29. The van der Waals surface area contributed by atoms with Gasteiger partial charge < -0.3 is 0 Å². The second-order valence-corrected chi connectivity index (χ2v) is 7.01. The zero-order chi connectivity index (χ0) is 17.4. The molecule has 0 unspecified atom stereocenters. The van der Waals surface area contributed by atoms with Crippen LogP contribution < -0.4 is 0 Å². The van der Waals surface area contributed by atoms with E-state index in [0.29, 0.717) is 0 Å². The number of rotatable bonds is 3. The van der Waals surface area contributed by atoms with Crippen LogP contribution in [0.2, 0.25) is 0 Å². The molecule has 124 valence electrons. The lowest BCUT2D eigenvalue weighted by Crippen LogP contribution is -1.97. The van der Waals surface area contributed by atoms with Crippen LogP contribution in [0, 0.1) is 13.8 Å². The third-order valence-corrected chi connectivity index (χ3v) is 5.33. The summed E-state index contributed by atoms with van der Waals surface area (Å²) in [6, 6.07) is 24.5. The summed E-state index contributed by atoms with van der Waals surface area (Å²) >= 11 is 0. The molecule has 4 rings (SSSR count). The average Bonchev–Trinajstić information content (AvgIpc) is 2.63. The first-order chi connectivity index (χ1) is 12.2. The predicted octanol–water partition coefficient (Wildman–Crippen LogP) is 7.23. The van der Waals surface area contributed by atoms with E-state index in [-0.39, 0.29) is 0 Å². The van der Waals surface area contributed by atoms with Crippen molar-refractivity contribution >= 4 is 21.5 Å². The van der Waals surface area contributed by atoms with Crippen LogP contribution in [0.3, 0.4) is 0 Å². The molecule has 0 aliphatic heterocycles. The quantitative estimate of drug-likeness (QED) is 0.373. The van der Waals surface area contributed by atoms with Gasteiger partial charge in [0.2, 0.25) is 0 Å². The Balaban J connectivity index is 2.06. The molecule has 0 nitrogen and oxygen atoms in total. The third-order valence-electron chi connectivity index (χ3n) is 5.33. The summed E-state index contributed by atoms with van der Waals surface area (Å²) in [5, 5.41) is 5.35. The van der Waals surface area contributed by atoms with Gasteiger partial charge in [0.15, 0.2) is 0 Å². The van der Waals surface area contributed by atoms with E-state index in [9.17, 15) is 0 Å². The molecule has 0 bridgehead atoms. The summed E-state index contributed by atoms with van der Waals surface area (Å²) in [7, 11) is 0. The van der Waals surface area contributed by atoms with Crippen LogP contribution in [0.25, 0.3) is 32.7 Å². The number of benzene rings is 4. The van der Waals surface area contributed by atoms with Crippen molar-refractivity contribution in [1.82, 2.24) is 0 Å². The van der Waals surface area contributed by atoms with E-state index in [1.165, 1.54) is 55.8 Å². The molecule has 0 N–H and O–H groups in total. The molecule has 0 aliphatic rings. The van der Waals surface area contributed by atoms with Gasteiger partial charge in [0.1, 0.15) is 0 Å². The SMILES string of the molecule is CCCc1c(-c2cc3ccccc3cc2C)cc2ccccc2c1C. The summed E-state index contributed by atoms with van der Waals surface area (Å²) in [5.41, 5.74) is 7.06. The van der Waals surface area contributed by atoms with Crippen molar-refractivity contribution in [2.75, 3.05) is 0 Å². The second kappa shape index (κ2) is 6.37. The minimum Gasteiger partial charge on any atom is -0.0651 e.